The molecule has 0 bridgehead atoms. The summed E-state index contributed by atoms with van der Waals surface area (Å²) in [5.41, 5.74) is -0.0922. The number of rotatable bonds is 10. The van der Waals surface area contributed by atoms with Gasteiger partial charge in [-0.1, -0.05) is 51.9 Å². The second-order valence-electron chi connectivity index (χ2n) is 5.15. The Kier molecular flexibility index (Phi) is 8.16. The van der Waals surface area contributed by atoms with Gasteiger partial charge in [0.2, 0.25) is 0 Å². The maximum Gasteiger partial charge on any atom is 0.182 e. The van der Waals surface area contributed by atoms with Crippen LogP contribution >= 0.6 is 0 Å². The maximum atomic E-state index is 13.3. The number of halogens is 3. The van der Waals surface area contributed by atoms with Crippen molar-refractivity contribution in [3.05, 3.63) is 29.6 Å². The Morgan fingerprint density at radius 2 is 1.45 bits per heavy atom. The Hall–Kier alpha value is -1.19. The smallest absolute Gasteiger partial charge is 0.182 e. The van der Waals surface area contributed by atoms with Gasteiger partial charge in [-0.2, -0.15) is 0 Å². The van der Waals surface area contributed by atoms with Crippen LogP contribution in [0.1, 0.15) is 58.3 Å². The molecular formula is C16H24F3N. The van der Waals surface area contributed by atoms with Gasteiger partial charge in [0.1, 0.15) is 5.82 Å². The van der Waals surface area contributed by atoms with Crippen molar-refractivity contribution in [3.63, 3.8) is 0 Å². The molecule has 114 valence electrons. The highest BCUT2D eigenvalue weighted by atomic mass is 19.2. The molecule has 0 radical (unpaired) electrons. The van der Waals surface area contributed by atoms with Crippen LogP contribution in [0.4, 0.5) is 18.9 Å². The molecule has 1 nitrogen and oxygen atoms in total. The highest BCUT2D eigenvalue weighted by Gasteiger charge is 2.10. The highest BCUT2D eigenvalue weighted by molar-refractivity contribution is 5.45. The Bertz CT molecular complexity index is 394. The molecule has 0 spiro atoms. The third-order valence-corrected chi connectivity index (χ3v) is 3.34. The topological polar surface area (TPSA) is 12.0 Å². The summed E-state index contributed by atoms with van der Waals surface area (Å²) in [4.78, 5) is 0. The average molecular weight is 287 g/mol. The summed E-state index contributed by atoms with van der Waals surface area (Å²) >= 11 is 0. The second kappa shape index (κ2) is 9.67. The molecule has 0 fully saturated rings. The fourth-order valence-electron chi connectivity index (χ4n) is 2.17. The zero-order chi connectivity index (χ0) is 14.8. The van der Waals surface area contributed by atoms with Crippen molar-refractivity contribution in [2.45, 2.75) is 58.3 Å². The molecule has 0 unspecified atom stereocenters. The van der Waals surface area contributed by atoms with Crippen molar-refractivity contribution >= 4 is 5.69 Å². The van der Waals surface area contributed by atoms with Gasteiger partial charge in [-0.15, -0.1) is 0 Å². The number of hydrogen-bond acceptors (Lipinski definition) is 1. The summed E-state index contributed by atoms with van der Waals surface area (Å²) in [6.45, 7) is 2.73. The largest absolute Gasteiger partial charge is 0.383 e. The fourth-order valence-corrected chi connectivity index (χ4v) is 2.17. The van der Waals surface area contributed by atoms with E-state index in [0.717, 1.165) is 25.3 Å². The van der Waals surface area contributed by atoms with Crippen molar-refractivity contribution in [1.29, 1.82) is 0 Å². The van der Waals surface area contributed by atoms with Gasteiger partial charge >= 0.3 is 0 Å². The molecule has 0 saturated carbocycles. The molecule has 1 N–H and O–H groups in total. The van der Waals surface area contributed by atoms with Gasteiger partial charge in [0.05, 0.1) is 5.69 Å². The lowest BCUT2D eigenvalue weighted by atomic mass is 10.1. The van der Waals surface area contributed by atoms with Gasteiger partial charge < -0.3 is 5.32 Å². The summed E-state index contributed by atoms with van der Waals surface area (Å²) in [7, 11) is 0. The van der Waals surface area contributed by atoms with Gasteiger partial charge in [0, 0.05) is 18.7 Å². The van der Waals surface area contributed by atoms with Gasteiger partial charge in [0.25, 0.3) is 0 Å². The number of benzene rings is 1. The summed E-state index contributed by atoms with van der Waals surface area (Å²) in [5, 5.41) is 2.75. The number of nitrogens with one attached hydrogen (secondary N) is 1. The van der Waals surface area contributed by atoms with Crippen LogP contribution in [-0.2, 0) is 0 Å². The highest BCUT2D eigenvalue weighted by Crippen LogP contribution is 2.19. The molecule has 1 aromatic rings. The zero-order valence-electron chi connectivity index (χ0n) is 12.2. The first-order valence-corrected chi connectivity index (χ1v) is 7.53. The van der Waals surface area contributed by atoms with E-state index in [1.165, 1.54) is 32.1 Å². The van der Waals surface area contributed by atoms with E-state index in [1.54, 1.807) is 0 Å². The van der Waals surface area contributed by atoms with E-state index in [-0.39, 0.29) is 5.69 Å². The predicted octanol–water partition coefficient (Wildman–Crippen LogP) is 5.66. The van der Waals surface area contributed by atoms with E-state index >= 15 is 0 Å². The van der Waals surface area contributed by atoms with Crippen LogP contribution in [0.2, 0.25) is 0 Å². The monoisotopic (exact) mass is 287 g/mol. The second-order valence-corrected chi connectivity index (χ2v) is 5.15. The SMILES string of the molecule is CCCCCCCCCCNc1cc(F)cc(F)c1F. The first kappa shape index (κ1) is 16.9. The normalized spacial score (nSPS) is 10.8. The van der Waals surface area contributed by atoms with E-state index in [9.17, 15) is 13.2 Å². The van der Waals surface area contributed by atoms with Crippen LogP contribution in [0.15, 0.2) is 12.1 Å². The van der Waals surface area contributed by atoms with Crippen LogP contribution in [-0.4, -0.2) is 6.54 Å². The molecule has 0 amide bonds. The van der Waals surface area contributed by atoms with Crippen LogP contribution < -0.4 is 5.32 Å². The third-order valence-electron chi connectivity index (χ3n) is 3.34. The lowest BCUT2D eigenvalue weighted by Gasteiger charge is -2.08. The number of anilines is 1. The molecule has 0 atom stereocenters. The van der Waals surface area contributed by atoms with E-state index in [4.69, 9.17) is 0 Å². The molecule has 4 heteroatoms. The summed E-state index contributed by atoms with van der Waals surface area (Å²) in [5.74, 6) is -2.92. The molecule has 0 heterocycles. The molecular weight excluding hydrogens is 263 g/mol. The zero-order valence-corrected chi connectivity index (χ0v) is 12.2. The van der Waals surface area contributed by atoms with Gasteiger partial charge in [0.15, 0.2) is 11.6 Å². The molecule has 0 aliphatic heterocycles. The average Bonchev–Trinajstić information content (AvgIpc) is 2.42. The van der Waals surface area contributed by atoms with Crippen LogP contribution in [0.3, 0.4) is 0 Å². The quantitative estimate of drug-likeness (QED) is 0.432. The minimum absolute atomic E-state index is 0.0922. The van der Waals surface area contributed by atoms with E-state index in [2.05, 4.69) is 12.2 Å². The van der Waals surface area contributed by atoms with Gasteiger partial charge in [-0.05, 0) is 6.42 Å². The van der Waals surface area contributed by atoms with Crippen LogP contribution in [0, 0.1) is 17.5 Å². The van der Waals surface area contributed by atoms with Crippen molar-refractivity contribution in [1.82, 2.24) is 0 Å². The Balaban J connectivity index is 2.13. The Morgan fingerprint density at radius 1 is 0.850 bits per heavy atom. The lowest BCUT2D eigenvalue weighted by molar-refractivity contribution is 0.497. The first-order chi connectivity index (χ1) is 9.65. The van der Waals surface area contributed by atoms with Crippen molar-refractivity contribution in [2.24, 2.45) is 0 Å². The molecule has 20 heavy (non-hydrogen) atoms. The standard InChI is InChI=1S/C16H24F3N/c1-2-3-4-5-6-7-8-9-10-20-15-12-13(17)11-14(18)16(15)19/h11-12,20H,2-10H2,1H3. The Labute approximate surface area is 119 Å². The van der Waals surface area contributed by atoms with E-state index in [1.807, 2.05) is 0 Å². The summed E-state index contributed by atoms with van der Waals surface area (Å²) in [6.07, 6.45) is 9.43. The summed E-state index contributed by atoms with van der Waals surface area (Å²) in [6, 6.07) is 1.54. The minimum Gasteiger partial charge on any atom is -0.383 e. The number of hydrogen-bond donors (Lipinski definition) is 1. The minimum atomic E-state index is -1.15. The van der Waals surface area contributed by atoms with Crippen molar-refractivity contribution in [2.75, 3.05) is 11.9 Å². The Morgan fingerprint density at radius 3 is 2.10 bits per heavy atom. The molecule has 0 saturated heterocycles. The fraction of sp³-hybridized carbons (Fsp3) is 0.625. The van der Waals surface area contributed by atoms with Crippen LogP contribution in [0.25, 0.3) is 0 Å². The van der Waals surface area contributed by atoms with Gasteiger partial charge in [-0.3, -0.25) is 0 Å². The first-order valence-electron chi connectivity index (χ1n) is 7.53. The molecule has 0 aliphatic carbocycles. The third kappa shape index (κ3) is 6.31. The van der Waals surface area contributed by atoms with Crippen molar-refractivity contribution < 1.29 is 13.2 Å². The summed E-state index contributed by atoms with van der Waals surface area (Å²) < 4.78 is 39.2. The molecule has 0 aliphatic rings. The van der Waals surface area contributed by atoms with E-state index < -0.39 is 17.5 Å². The molecule has 1 aromatic carbocycles. The predicted molar refractivity (Wildman–Crippen MR) is 77.4 cm³/mol. The van der Waals surface area contributed by atoms with Crippen LogP contribution in [0.5, 0.6) is 0 Å². The van der Waals surface area contributed by atoms with E-state index in [0.29, 0.717) is 12.6 Å². The maximum absolute atomic E-state index is 13.3. The molecule has 0 aromatic heterocycles. The lowest BCUT2D eigenvalue weighted by Crippen LogP contribution is -2.05. The van der Waals surface area contributed by atoms with Crippen molar-refractivity contribution in [3.8, 4) is 0 Å². The van der Waals surface area contributed by atoms with Gasteiger partial charge in [-0.25, -0.2) is 13.2 Å². The molecule has 1 rings (SSSR count). The number of unbranched alkanes of at least 4 members (excludes halogenated alkanes) is 7.